The highest BCUT2D eigenvalue weighted by Gasteiger charge is 2.16. The molecule has 10 heteroatoms. The summed E-state index contributed by atoms with van der Waals surface area (Å²) >= 11 is 0. The first-order valence-electron chi connectivity index (χ1n) is 10.4. The Balaban J connectivity index is 1.43. The third-order valence-electron chi connectivity index (χ3n) is 5.06. The van der Waals surface area contributed by atoms with E-state index in [1.807, 2.05) is 0 Å². The molecule has 0 aliphatic rings. The Morgan fingerprint density at radius 2 is 1.82 bits per heavy atom. The second kappa shape index (κ2) is 8.95. The molecule has 2 N–H and O–H groups in total. The maximum Gasteiger partial charge on any atom is 0.251 e. The lowest BCUT2D eigenvalue weighted by molar-refractivity contribution is 0.0953. The smallest absolute Gasteiger partial charge is 0.251 e. The molecule has 0 aliphatic carbocycles. The molecule has 0 unspecified atom stereocenters. The Morgan fingerprint density at radius 3 is 2.58 bits per heavy atom. The number of benzene rings is 2. The first-order valence-corrected chi connectivity index (χ1v) is 10.4. The summed E-state index contributed by atoms with van der Waals surface area (Å²) in [4.78, 5) is 30.6. The number of aromatic nitrogens is 7. The fourth-order valence-electron chi connectivity index (χ4n) is 3.45. The number of hydrogen-bond acceptors (Lipinski definition) is 6. The van der Waals surface area contributed by atoms with Crippen LogP contribution in [0.4, 0.5) is 4.39 Å². The van der Waals surface area contributed by atoms with Gasteiger partial charge in [0.05, 0.1) is 23.4 Å². The molecule has 0 fully saturated rings. The lowest BCUT2D eigenvalue weighted by Gasteiger charge is -2.10. The van der Waals surface area contributed by atoms with Crippen molar-refractivity contribution in [1.29, 1.82) is 0 Å². The van der Waals surface area contributed by atoms with Gasteiger partial charge in [-0.05, 0) is 48.9 Å². The first kappa shape index (κ1) is 20.4. The first-order chi connectivity index (χ1) is 16.2. The van der Waals surface area contributed by atoms with Gasteiger partial charge in [-0.25, -0.2) is 19.3 Å². The van der Waals surface area contributed by atoms with Gasteiger partial charge in [0, 0.05) is 36.5 Å². The van der Waals surface area contributed by atoms with Crippen LogP contribution in [0.3, 0.4) is 0 Å². The van der Waals surface area contributed by atoms with Crippen LogP contribution in [0.15, 0.2) is 67.3 Å². The molecule has 0 spiro atoms. The molecule has 164 valence electrons. The molecule has 5 rings (SSSR count). The van der Waals surface area contributed by atoms with Crippen molar-refractivity contribution in [3.05, 3.63) is 84.5 Å². The summed E-state index contributed by atoms with van der Waals surface area (Å²) in [5, 5.41) is 11.2. The van der Waals surface area contributed by atoms with E-state index in [9.17, 15) is 9.18 Å². The van der Waals surface area contributed by atoms with Gasteiger partial charge < -0.3 is 10.3 Å². The number of halogens is 1. The fourth-order valence-corrected chi connectivity index (χ4v) is 3.45. The highest BCUT2D eigenvalue weighted by Crippen LogP contribution is 2.26. The van der Waals surface area contributed by atoms with Crippen LogP contribution in [0.25, 0.3) is 28.1 Å². The van der Waals surface area contributed by atoms with E-state index in [-0.39, 0.29) is 11.7 Å². The van der Waals surface area contributed by atoms with Crippen molar-refractivity contribution in [1.82, 2.24) is 40.2 Å². The number of rotatable bonds is 7. The number of carbonyl (C=O) groups excluding carboxylic acids is 1. The number of nitrogens with zero attached hydrogens (tertiary/aromatic N) is 6. The van der Waals surface area contributed by atoms with Crippen molar-refractivity contribution in [3.8, 4) is 17.1 Å². The maximum atomic E-state index is 13.5. The van der Waals surface area contributed by atoms with Crippen LogP contribution < -0.4 is 5.32 Å². The number of H-pyrrole nitrogens is 1. The minimum Gasteiger partial charge on any atom is -0.352 e. The zero-order valence-electron chi connectivity index (χ0n) is 17.4. The summed E-state index contributed by atoms with van der Waals surface area (Å²) in [5.41, 5.74) is 2.74. The van der Waals surface area contributed by atoms with E-state index in [2.05, 4.69) is 30.5 Å². The molecular formula is C23H19FN8O. The van der Waals surface area contributed by atoms with Crippen LogP contribution in [0.5, 0.6) is 0 Å². The van der Waals surface area contributed by atoms with Gasteiger partial charge in [0.15, 0.2) is 0 Å². The van der Waals surface area contributed by atoms with Crippen LogP contribution in [0.1, 0.15) is 22.6 Å². The largest absolute Gasteiger partial charge is 0.352 e. The van der Waals surface area contributed by atoms with Gasteiger partial charge >= 0.3 is 0 Å². The highest BCUT2D eigenvalue weighted by atomic mass is 19.1. The predicted octanol–water partition coefficient (Wildman–Crippen LogP) is 3.10. The minimum atomic E-state index is -0.350. The van der Waals surface area contributed by atoms with Gasteiger partial charge in [0.2, 0.25) is 5.82 Å². The average Bonchev–Trinajstić information content (AvgIpc) is 3.56. The number of amides is 1. The standard InChI is InChI=1S/C23H19FN8O/c24-17-6-3-15(4-7-17)21-22(32-28-12-13-29-32)31-18-8-5-16(14-19(18)30-21)23(33)27-9-1-2-20-25-10-11-26-20/h3-8,10-14H,1-2,9H2,(H,25,26)(H,27,33). The Morgan fingerprint density at radius 1 is 1.00 bits per heavy atom. The molecule has 0 saturated carbocycles. The number of nitrogens with one attached hydrogen (secondary N) is 2. The SMILES string of the molecule is O=C(NCCCc1ncc[nH]1)c1ccc2nc(-n3nccn3)c(-c3ccc(F)cc3)nc2c1. The molecule has 33 heavy (non-hydrogen) atoms. The van der Waals surface area contributed by atoms with Gasteiger partial charge in [0.25, 0.3) is 5.91 Å². The van der Waals surface area contributed by atoms with Crippen LogP contribution >= 0.6 is 0 Å². The molecule has 5 aromatic rings. The Labute approximate surface area is 187 Å². The van der Waals surface area contributed by atoms with E-state index in [1.165, 1.54) is 16.9 Å². The van der Waals surface area contributed by atoms with E-state index in [0.717, 1.165) is 18.7 Å². The maximum absolute atomic E-state index is 13.5. The molecule has 0 radical (unpaired) electrons. The second-order valence-electron chi connectivity index (χ2n) is 7.32. The van der Waals surface area contributed by atoms with E-state index in [1.54, 1.807) is 55.1 Å². The average molecular weight is 442 g/mol. The zero-order valence-corrected chi connectivity index (χ0v) is 17.4. The summed E-state index contributed by atoms with van der Waals surface area (Å²) in [5.74, 6) is 0.756. The number of hydrogen-bond donors (Lipinski definition) is 2. The second-order valence-corrected chi connectivity index (χ2v) is 7.32. The van der Waals surface area contributed by atoms with Crippen LogP contribution in [0, 0.1) is 5.82 Å². The molecule has 0 bridgehead atoms. The Hall–Kier alpha value is -4.47. The van der Waals surface area contributed by atoms with Crippen molar-refractivity contribution < 1.29 is 9.18 Å². The van der Waals surface area contributed by atoms with Crippen molar-refractivity contribution >= 4 is 16.9 Å². The van der Waals surface area contributed by atoms with Gasteiger partial charge in [0.1, 0.15) is 17.3 Å². The van der Waals surface area contributed by atoms with E-state index < -0.39 is 0 Å². The van der Waals surface area contributed by atoms with Crippen molar-refractivity contribution in [3.63, 3.8) is 0 Å². The monoisotopic (exact) mass is 442 g/mol. The summed E-state index contributed by atoms with van der Waals surface area (Å²) in [6, 6.07) is 11.1. The topological polar surface area (TPSA) is 114 Å². The number of aromatic amines is 1. The Kier molecular flexibility index (Phi) is 5.54. The quantitative estimate of drug-likeness (QED) is 0.375. The third kappa shape index (κ3) is 4.45. The molecular weight excluding hydrogens is 423 g/mol. The molecule has 3 aromatic heterocycles. The van der Waals surface area contributed by atoms with Crippen molar-refractivity contribution in [2.75, 3.05) is 6.54 Å². The molecule has 1 amide bonds. The fraction of sp³-hybridized carbons (Fsp3) is 0.130. The van der Waals surface area contributed by atoms with Crippen LogP contribution in [-0.2, 0) is 6.42 Å². The summed E-state index contributed by atoms with van der Waals surface area (Å²) in [6.07, 6.45) is 8.08. The molecule has 9 nitrogen and oxygen atoms in total. The van der Waals surface area contributed by atoms with E-state index in [0.29, 0.717) is 40.2 Å². The third-order valence-corrected chi connectivity index (χ3v) is 5.06. The van der Waals surface area contributed by atoms with E-state index >= 15 is 0 Å². The zero-order chi connectivity index (χ0) is 22.6. The molecule has 0 aliphatic heterocycles. The van der Waals surface area contributed by atoms with Gasteiger partial charge in [-0.1, -0.05) is 0 Å². The number of fused-ring (bicyclic) bond motifs is 1. The lowest BCUT2D eigenvalue weighted by Crippen LogP contribution is -2.24. The van der Waals surface area contributed by atoms with Crippen molar-refractivity contribution in [2.45, 2.75) is 12.8 Å². The van der Waals surface area contributed by atoms with Crippen LogP contribution in [0.2, 0.25) is 0 Å². The highest BCUT2D eigenvalue weighted by molar-refractivity contribution is 5.97. The van der Waals surface area contributed by atoms with Gasteiger partial charge in [-0.3, -0.25) is 4.79 Å². The number of carbonyl (C=O) groups is 1. The normalized spacial score (nSPS) is 11.1. The molecule has 2 aromatic carbocycles. The molecule has 0 saturated heterocycles. The van der Waals surface area contributed by atoms with Gasteiger partial charge in [-0.2, -0.15) is 10.2 Å². The molecule has 0 atom stereocenters. The lowest BCUT2D eigenvalue weighted by atomic mass is 10.1. The summed E-state index contributed by atoms with van der Waals surface area (Å²) in [6.45, 7) is 0.522. The van der Waals surface area contributed by atoms with Gasteiger partial charge in [-0.15, -0.1) is 4.80 Å². The summed E-state index contributed by atoms with van der Waals surface area (Å²) in [7, 11) is 0. The van der Waals surface area contributed by atoms with Crippen molar-refractivity contribution in [2.24, 2.45) is 0 Å². The Bertz CT molecular complexity index is 1380. The molecule has 3 heterocycles. The predicted molar refractivity (Wildman–Crippen MR) is 119 cm³/mol. The number of aryl methyl sites for hydroxylation is 1. The number of imidazole rings is 1. The van der Waals surface area contributed by atoms with Crippen LogP contribution in [-0.4, -0.2) is 47.4 Å². The minimum absolute atomic E-state index is 0.195. The van der Waals surface area contributed by atoms with E-state index in [4.69, 9.17) is 4.98 Å². The summed E-state index contributed by atoms with van der Waals surface area (Å²) < 4.78 is 13.5.